The molecule has 2 atom stereocenters. The average molecular weight is 375 g/mol. The maximum absolute atomic E-state index is 13.1. The SMILES string of the molecule is CC(C)[C@@H](CC(=O)OC(C)(C)C)C(=O)N1C(=O)OC[C@H]1Cc1ccccc1. The third-order valence-corrected chi connectivity index (χ3v) is 4.44. The lowest BCUT2D eigenvalue weighted by Crippen LogP contribution is -2.45. The maximum Gasteiger partial charge on any atom is 0.416 e. The van der Waals surface area contributed by atoms with Crippen molar-refractivity contribution < 1.29 is 23.9 Å². The van der Waals surface area contributed by atoms with E-state index in [1.54, 1.807) is 20.8 Å². The molecule has 1 heterocycles. The lowest BCUT2D eigenvalue weighted by molar-refractivity contribution is -0.159. The van der Waals surface area contributed by atoms with Gasteiger partial charge in [0.15, 0.2) is 0 Å². The van der Waals surface area contributed by atoms with Crippen LogP contribution in [-0.2, 0) is 25.5 Å². The van der Waals surface area contributed by atoms with Crippen molar-refractivity contribution in [1.82, 2.24) is 4.90 Å². The Morgan fingerprint density at radius 3 is 2.41 bits per heavy atom. The van der Waals surface area contributed by atoms with Gasteiger partial charge in [0.25, 0.3) is 0 Å². The monoisotopic (exact) mass is 375 g/mol. The van der Waals surface area contributed by atoms with Crippen molar-refractivity contribution in [3.05, 3.63) is 35.9 Å². The van der Waals surface area contributed by atoms with Gasteiger partial charge in [-0.1, -0.05) is 44.2 Å². The normalized spacial score (nSPS) is 18.4. The number of carbonyl (C=O) groups excluding carboxylic acids is 3. The summed E-state index contributed by atoms with van der Waals surface area (Å²) in [7, 11) is 0. The van der Waals surface area contributed by atoms with Crippen LogP contribution in [0.1, 0.15) is 46.6 Å². The predicted octanol–water partition coefficient (Wildman–Crippen LogP) is 3.58. The molecule has 0 aromatic heterocycles. The molecule has 0 radical (unpaired) electrons. The first-order chi connectivity index (χ1) is 12.6. The standard InChI is InChI=1S/C21H29NO5/c1-14(2)17(12-18(23)27-21(3,4)5)19(24)22-16(13-26-20(22)25)11-15-9-7-6-8-10-15/h6-10,14,16-17H,11-13H2,1-5H3/t16-,17-/m1/s1. The highest BCUT2D eigenvalue weighted by molar-refractivity contribution is 5.96. The van der Waals surface area contributed by atoms with Crippen molar-refractivity contribution in [2.75, 3.05) is 6.61 Å². The number of hydrogen-bond acceptors (Lipinski definition) is 5. The smallest absolute Gasteiger partial charge is 0.416 e. The van der Waals surface area contributed by atoms with E-state index in [0.717, 1.165) is 5.56 Å². The minimum absolute atomic E-state index is 0.0599. The van der Waals surface area contributed by atoms with E-state index in [-0.39, 0.29) is 30.9 Å². The second-order valence-corrected chi connectivity index (χ2v) is 8.27. The summed E-state index contributed by atoms with van der Waals surface area (Å²) < 4.78 is 10.5. The van der Waals surface area contributed by atoms with Gasteiger partial charge in [0.1, 0.15) is 12.2 Å². The third-order valence-electron chi connectivity index (χ3n) is 4.44. The first-order valence-electron chi connectivity index (χ1n) is 9.34. The van der Waals surface area contributed by atoms with Gasteiger partial charge in [0.2, 0.25) is 5.91 Å². The topological polar surface area (TPSA) is 72.9 Å². The van der Waals surface area contributed by atoms with Gasteiger partial charge >= 0.3 is 12.1 Å². The largest absolute Gasteiger partial charge is 0.460 e. The maximum atomic E-state index is 13.1. The number of imide groups is 1. The number of nitrogens with zero attached hydrogens (tertiary/aromatic N) is 1. The summed E-state index contributed by atoms with van der Waals surface area (Å²) in [6, 6.07) is 9.28. The van der Waals surface area contributed by atoms with Gasteiger partial charge in [-0.25, -0.2) is 9.69 Å². The summed E-state index contributed by atoms with van der Waals surface area (Å²) >= 11 is 0. The molecule has 1 aromatic carbocycles. The predicted molar refractivity (Wildman–Crippen MR) is 101 cm³/mol. The van der Waals surface area contributed by atoms with Crippen molar-refractivity contribution >= 4 is 18.0 Å². The van der Waals surface area contributed by atoms with E-state index in [1.165, 1.54) is 4.90 Å². The number of hydrogen-bond donors (Lipinski definition) is 0. The fourth-order valence-electron chi connectivity index (χ4n) is 3.12. The molecular weight excluding hydrogens is 346 g/mol. The van der Waals surface area contributed by atoms with Crippen LogP contribution in [0.25, 0.3) is 0 Å². The molecule has 0 N–H and O–H groups in total. The number of carbonyl (C=O) groups is 3. The Balaban J connectivity index is 2.14. The summed E-state index contributed by atoms with van der Waals surface area (Å²) in [5.74, 6) is -1.57. The van der Waals surface area contributed by atoms with Crippen molar-refractivity contribution in [2.45, 2.75) is 59.1 Å². The van der Waals surface area contributed by atoms with Crippen molar-refractivity contribution in [2.24, 2.45) is 11.8 Å². The Morgan fingerprint density at radius 2 is 1.85 bits per heavy atom. The Bertz CT molecular complexity index is 678. The van der Waals surface area contributed by atoms with Crippen molar-refractivity contribution in [3.8, 4) is 0 Å². The summed E-state index contributed by atoms with van der Waals surface area (Å²) in [6.07, 6.45) is -0.179. The zero-order valence-electron chi connectivity index (χ0n) is 16.7. The van der Waals surface area contributed by atoms with Crippen LogP contribution in [0, 0.1) is 11.8 Å². The van der Waals surface area contributed by atoms with E-state index in [0.29, 0.717) is 6.42 Å². The van der Waals surface area contributed by atoms with Crippen LogP contribution in [0.2, 0.25) is 0 Å². The molecule has 1 fully saturated rings. The molecule has 0 aliphatic carbocycles. The molecule has 148 valence electrons. The Labute approximate surface area is 160 Å². The fourth-order valence-corrected chi connectivity index (χ4v) is 3.12. The molecule has 27 heavy (non-hydrogen) atoms. The fraction of sp³-hybridized carbons (Fsp3) is 0.571. The van der Waals surface area contributed by atoms with Crippen LogP contribution in [0.15, 0.2) is 30.3 Å². The van der Waals surface area contributed by atoms with E-state index in [9.17, 15) is 14.4 Å². The van der Waals surface area contributed by atoms with E-state index in [2.05, 4.69) is 0 Å². The highest BCUT2D eigenvalue weighted by Crippen LogP contribution is 2.26. The molecule has 0 saturated carbocycles. The number of benzene rings is 1. The van der Waals surface area contributed by atoms with E-state index in [4.69, 9.17) is 9.47 Å². The van der Waals surface area contributed by atoms with Crippen LogP contribution in [0.4, 0.5) is 4.79 Å². The lowest BCUT2D eigenvalue weighted by atomic mass is 9.90. The van der Waals surface area contributed by atoms with Crippen LogP contribution in [-0.4, -0.2) is 41.1 Å². The second kappa shape index (κ2) is 8.55. The zero-order chi connectivity index (χ0) is 20.2. The first-order valence-corrected chi connectivity index (χ1v) is 9.34. The van der Waals surface area contributed by atoms with E-state index >= 15 is 0 Å². The Hall–Kier alpha value is -2.37. The van der Waals surface area contributed by atoms with Gasteiger partial charge < -0.3 is 9.47 Å². The van der Waals surface area contributed by atoms with E-state index in [1.807, 2.05) is 44.2 Å². The molecule has 0 bridgehead atoms. The van der Waals surface area contributed by atoms with E-state index < -0.39 is 23.6 Å². The molecule has 6 heteroatoms. The molecule has 2 rings (SSSR count). The first kappa shape index (κ1) is 20.9. The summed E-state index contributed by atoms with van der Waals surface area (Å²) in [6.45, 7) is 9.23. The van der Waals surface area contributed by atoms with Crippen molar-refractivity contribution in [1.29, 1.82) is 0 Å². The van der Waals surface area contributed by atoms with Crippen LogP contribution in [0.5, 0.6) is 0 Å². The molecule has 0 unspecified atom stereocenters. The van der Waals surface area contributed by atoms with Gasteiger partial charge in [-0.05, 0) is 38.7 Å². The lowest BCUT2D eigenvalue weighted by Gasteiger charge is -2.28. The third kappa shape index (κ3) is 5.81. The van der Waals surface area contributed by atoms with Gasteiger partial charge in [0.05, 0.1) is 18.4 Å². The van der Waals surface area contributed by atoms with Crippen LogP contribution >= 0.6 is 0 Å². The molecule has 0 spiro atoms. The highest BCUT2D eigenvalue weighted by Gasteiger charge is 2.42. The molecular formula is C21H29NO5. The van der Waals surface area contributed by atoms with Gasteiger partial charge in [0, 0.05) is 0 Å². The number of ether oxygens (including phenoxy) is 2. The molecule has 1 saturated heterocycles. The second-order valence-electron chi connectivity index (χ2n) is 8.27. The zero-order valence-corrected chi connectivity index (χ0v) is 16.7. The molecule has 1 aliphatic rings. The Morgan fingerprint density at radius 1 is 1.22 bits per heavy atom. The number of esters is 1. The summed E-state index contributed by atoms with van der Waals surface area (Å²) in [4.78, 5) is 38.8. The molecule has 1 aromatic rings. The van der Waals surface area contributed by atoms with Crippen LogP contribution < -0.4 is 0 Å². The number of rotatable bonds is 6. The van der Waals surface area contributed by atoms with Gasteiger partial charge in [-0.15, -0.1) is 0 Å². The van der Waals surface area contributed by atoms with Crippen LogP contribution in [0.3, 0.4) is 0 Å². The Kier molecular flexibility index (Phi) is 6.63. The molecule has 1 aliphatic heterocycles. The summed E-state index contributed by atoms with van der Waals surface area (Å²) in [5, 5.41) is 0. The molecule has 2 amide bonds. The minimum atomic E-state index is -0.643. The minimum Gasteiger partial charge on any atom is -0.460 e. The van der Waals surface area contributed by atoms with Crippen molar-refractivity contribution in [3.63, 3.8) is 0 Å². The summed E-state index contributed by atoms with van der Waals surface area (Å²) in [5.41, 5.74) is 0.399. The highest BCUT2D eigenvalue weighted by atomic mass is 16.6. The van der Waals surface area contributed by atoms with Gasteiger partial charge in [-0.3, -0.25) is 9.59 Å². The van der Waals surface area contributed by atoms with Gasteiger partial charge in [-0.2, -0.15) is 0 Å². The number of cyclic esters (lactones) is 1. The quantitative estimate of drug-likeness (QED) is 0.711. The molecule has 6 nitrogen and oxygen atoms in total. The number of amides is 2. The average Bonchev–Trinajstić information content (AvgIpc) is 2.91.